The number of aromatic nitrogens is 4. The van der Waals surface area contributed by atoms with Crippen LogP contribution in [0.25, 0.3) is 11.1 Å². The van der Waals surface area contributed by atoms with Crippen LogP contribution >= 0.6 is 0 Å². The first-order chi connectivity index (χ1) is 17.3. The summed E-state index contributed by atoms with van der Waals surface area (Å²) in [7, 11) is -3.48. The summed E-state index contributed by atoms with van der Waals surface area (Å²) in [4.78, 5) is 20.1. The van der Waals surface area contributed by atoms with E-state index in [1.165, 1.54) is 30.1 Å². The van der Waals surface area contributed by atoms with Gasteiger partial charge < -0.3 is 9.64 Å². The van der Waals surface area contributed by atoms with Gasteiger partial charge in [0.1, 0.15) is 5.82 Å². The number of nitrogens with zero attached hydrogens (tertiary/aromatic N) is 5. The molecule has 5 rings (SSSR count). The minimum absolute atomic E-state index is 0.0651. The normalized spacial score (nSPS) is 21.5. The van der Waals surface area contributed by atoms with Crippen LogP contribution in [0, 0.1) is 11.7 Å². The van der Waals surface area contributed by atoms with Crippen molar-refractivity contribution in [2.75, 3.05) is 17.8 Å². The van der Waals surface area contributed by atoms with Gasteiger partial charge in [-0.3, -0.25) is 0 Å². The van der Waals surface area contributed by atoms with Crippen molar-refractivity contribution < 1.29 is 17.5 Å². The Morgan fingerprint density at radius 2 is 1.69 bits per heavy atom. The first-order valence-corrected chi connectivity index (χ1v) is 14.2. The first kappa shape index (κ1) is 24.5. The van der Waals surface area contributed by atoms with Gasteiger partial charge in [-0.2, -0.15) is 0 Å². The molecule has 10 heteroatoms. The lowest BCUT2D eigenvalue weighted by Gasteiger charge is -2.38. The van der Waals surface area contributed by atoms with Crippen LogP contribution in [0.15, 0.2) is 47.9 Å². The summed E-state index contributed by atoms with van der Waals surface area (Å²) in [6.07, 6.45) is 14.3. The summed E-state index contributed by atoms with van der Waals surface area (Å²) in [6.45, 7) is 2.68. The van der Waals surface area contributed by atoms with Crippen molar-refractivity contribution in [3.8, 4) is 17.1 Å². The molecule has 8 nitrogen and oxygen atoms in total. The molecular formula is C26H30FN5O3S. The van der Waals surface area contributed by atoms with Gasteiger partial charge in [0, 0.05) is 54.3 Å². The predicted molar refractivity (Wildman–Crippen MR) is 134 cm³/mol. The monoisotopic (exact) mass is 511 g/mol. The Balaban J connectivity index is 1.19. The summed E-state index contributed by atoms with van der Waals surface area (Å²) < 4.78 is 43.6. The average molecular weight is 512 g/mol. The van der Waals surface area contributed by atoms with E-state index in [0.29, 0.717) is 30.2 Å². The van der Waals surface area contributed by atoms with Gasteiger partial charge in [-0.05, 0) is 55.7 Å². The van der Waals surface area contributed by atoms with Crippen LogP contribution in [0.4, 0.5) is 10.3 Å². The molecule has 2 bridgehead atoms. The second-order valence-electron chi connectivity index (χ2n) is 9.75. The molecule has 2 atom stereocenters. The maximum Gasteiger partial charge on any atom is 0.316 e. The molecule has 0 spiro atoms. The second-order valence-corrected chi connectivity index (χ2v) is 11.8. The third kappa shape index (κ3) is 5.18. The van der Waals surface area contributed by atoms with Gasteiger partial charge >= 0.3 is 6.01 Å². The molecule has 0 unspecified atom stereocenters. The zero-order valence-electron chi connectivity index (χ0n) is 20.5. The summed E-state index contributed by atoms with van der Waals surface area (Å²) in [5, 5.41) is 0. The molecule has 0 aliphatic carbocycles. The molecule has 2 aliphatic heterocycles. The van der Waals surface area contributed by atoms with Crippen molar-refractivity contribution in [1.29, 1.82) is 0 Å². The third-order valence-corrected chi connectivity index (χ3v) is 8.16. The first-order valence-electron chi connectivity index (χ1n) is 12.4. The molecule has 190 valence electrons. The van der Waals surface area contributed by atoms with Crippen molar-refractivity contribution in [1.82, 2.24) is 19.9 Å². The molecule has 0 radical (unpaired) electrons. The van der Waals surface area contributed by atoms with Crippen molar-refractivity contribution in [3.05, 3.63) is 54.4 Å². The third-order valence-electron chi connectivity index (χ3n) is 7.05. The molecule has 2 aromatic heterocycles. The Labute approximate surface area is 210 Å². The van der Waals surface area contributed by atoms with E-state index in [1.807, 2.05) is 12.4 Å². The minimum atomic E-state index is -3.48. The number of rotatable bonds is 8. The van der Waals surface area contributed by atoms with Gasteiger partial charge in [0.05, 0.1) is 11.5 Å². The lowest BCUT2D eigenvalue weighted by atomic mass is 9.91. The Morgan fingerprint density at radius 3 is 2.28 bits per heavy atom. The summed E-state index contributed by atoms with van der Waals surface area (Å²) in [5.74, 6) is 0.584. The summed E-state index contributed by atoms with van der Waals surface area (Å²) in [6, 6.07) is 4.89. The van der Waals surface area contributed by atoms with Crippen molar-refractivity contribution >= 4 is 15.8 Å². The summed E-state index contributed by atoms with van der Waals surface area (Å²) in [5.41, 5.74) is 1.87. The predicted octanol–water partition coefficient (Wildman–Crippen LogP) is 4.26. The SMILES string of the molecule is CCCc1cnc(N2[C@H]3CC[C@H]2CC(COc2ncc(-c4ccc(S(C)(=O)=O)cc4F)cn2)C3)nc1. The van der Waals surface area contributed by atoms with E-state index in [-0.39, 0.29) is 16.5 Å². The van der Waals surface area contributed by atoms with Crippen LogP contribution in [0.5, 0.6) is 6.01 Å². The molecular weight excluding hydrogens is 481 g/mol. The molecule has 4 heterocycles. The van der Waals surface area contributed by atoms with E-state index in [1.54, 1.807) is 0 Å². The lowest BCUT2D eigenvalue weighted by Crippen LogP contribution is -2.45. The van der Waals surface area contributed by atoms with Crippen LogP contribution in [0.1, 0.15) is 44.6 Å². The largest absolute Gasteiger partial charge is 0.463 e. The molecule has 0 saturated carbocycles. The number of fused-ring (bicyclic) bond motifs is 2. The number of benzene rings is 1. The fourth-order valence-electron chi connectivity index (χ4n) is 5.33. The Morgan fingerprint density at radius 1 is 1.03 bits per heavy atom. The smallest absolute Gasteiger partial charge is 0.316 e. The molecule has 1 aromatic carbocycles. The second kappa shape index (κ2) is 10.1. The van der Waals surface area contributed by atoms with Crippen molar-refractivity contribution in [3.63, 3.8) is 0 Å². The van der Waals surface area contributed by atoms with Crippen LogP contribution in [0.3, 0.4) is 0 Å². The minimum Gasteiger partial charge on any atom is -0.463 e. The number of hydrogen-bond donors (Lipinski definition) is 0. The van der Waals surface area contributed by atoms with E-state index in [9.17, 15) is 12.8 Å². The van der Waals surface area contributed by atoms with E-state index in [2.05, 4.69) is 31.8 Å². The Bertz CT molecular complexity index is 1300. The van der Waals surface area contributed by atoms with Crippen molar-refractivity contribution in [2.45, 2.75) is 62.4 Å². The van der Waals surface area contributed by atoms with Crippen LogP contribution in [-0.2, 0) is 16.3 Å². The van der Waals surface area contributed by atoms with E-state index >= 15 is 0 Å². The Hall–Kier alpha value is -3.14. The van der Waals surface area contributed by atoms with Gasteiger partial charge in [0.2, 0.25) is 5.95 Å². The standard InChI is InChI=1S/C26H30FN5O3S/c1-3-4-17-12-28-25(29-13-17)32-20-5-6-21(32)10-18(9-20)16-35-26-30-14-19(15-31-26)23-8-7-22(11-24(23)27)36(2,33)34/h7-8,11-15,18,20-21H,3-6,9-10,16H2,1-2H3/t20-,21-/m0/s1. The number of aryl methyl sites for hydroxylation is 1. The van der Waals surface area contributed by atoms with Gasteiger partial charge in [0.25, 0.3) is 0 Å². The maximum absolute atomic E-state index is 14.5. The number of sulfone groups is 1. The lowest BCUT2D eigenvalue weighted by molar-refractivity contribution is 0.191. The van der Waals surface area contributed by atoms with E-state index < -0.39 is 15.7 Å². The fourth-order valence-corrected chi connectivity index (χ4v) is 5.97. The number of piperidine rings is 1. The molecule has 2 aliphatic rings. The van der Waals surface area contributed by atoms with Crippen LogP contribution in [0.2, 0.25) is 0 Å². The van der Waals surface area contributed by atoms with E-state index in [4.69, 9.17) is 4.74 Å². The van der Waals surface area contributed by atoms with Crippen LogP contribution in [-0.4, -0.2) is 53.3 Å². The maximum atomic E-state index is 14.5. The highest BCUT2D eigenvalue weighted by atomic mass is 32.2. The van der Waals surface area contributed by atoms with Crippen molar-refractivity contribution in [2.24, 2.45) is 5.92 Å². The summed E-state index contributed by atoms with van der Waals surface area (Å²) >= 11 is 0. The molecule has 2 saturated heterocycles. The quantitative estimate of drug-likeness (QED) is 0.443. The molecule has 0 N–H and O–H groups in total. The van der Waals surface area contributed by atoms with Crippen LogP contribution < -0.4 is 9.64 Å². The van der Waals surface area contributed by atoms with Gasteiger partial charge in [-0.25, -0.2) is 32.7 Å². The molecule has 36 heavy (non-hydrogen) atoms. The fraction of sp³-hybridized carbons (Fsp3) is 0.462. The number of anilines is 1. The highest BCUT2D eigenvalue weighted by molar-refractivity contribution is 7.90. The van der Waals surface area contributed by atoms with Gasteiger partial charge in [0.15, 0.2) is 9.84 Å². The highest BCUT2D eigenvalue weighted by Gasteiger charge is 2.42. The zero-order chi connectivity index (χ0) is 25.3. The highest BCUT2D eigenvalue weighted by Crippen LogP contribution is 2.40. The zero-order valence-corrected chi connectivity index (χ0v) is 21.3. The molecule has 2 fully saturated rings. The molecule has 0 amide bonds. The Kier molecular flexibility index (Phi) is 6.87. The topological polar surface area (TPSA) is 98.2 Å². The van der Waals surface area contributed by atoms with Gasteiger partial charge in [-0.1, -0.05) is 19.4 Å². The number of ether oxygens (including phenoxy) is 1. The number of halogens is 1. The molecule has 3 aromatic rings. The average Bonchev–Trinajstić information content (AvgIpc) is 3.13. The van der Waals surface area contributed by atoms with Gasteiger partial charge in [-0.15, -0.1) is 0 Å². The van der Waals surface area contributed by atoms with E-state index in [0.717, 1.165) is 56.8 Å². The number of hydrogen-bond acceptors (Lipinski definition) is 8.